The van der Waals surface area contributed by atoms with Gasteiger partial charge in [0.2, 0.25) is 0 Å². The van der Waals surface area contributed by atoms with Crippen molar-refractivity contribution in [1.29, 1.82) is 0 Å². The zero-order valence-corrected chi connectivity index (χ0v) is 26.5. The van der Waals surface area contributed by atoms with E-state index < -0.39 is 5.41 Å². The van der Waals surface area contributed by atoms with E-state index in [1.165, 1.54) is 55.3 Å². The van der Waals surface area contributed by atoms with Crippen molar-refractivity contribution in [1.82, 2.24) is 0 Å². The molecule has 0 radical (unpaired) electrons. The number of para-hydroxylation sites is 1. The Bertz CT molecular complexity index is 2320. The van der Waals surface area contributed by atoms with E-state index in [-0.39, 0.29) is 0 Å². The lowest BCUT2D eigenvalue weighted by Crippen LogP contribution is -2.28. The number of fused-ring (bicyclic) bond motifs is 5. The van der Waals surface area contributed by atoms with Gasteiger partial charge in [-0.05, 0) is 80.2 Å². The first-order valence-corrected chi connectivity index (χ1v) is 16.6. The van der Waals surface area contributed by atoms with Crippen LogP contribution in [0.25, 0.3) is 33.0 Å². The SMILES string of the molecule is c1ccc(-c2ccc(N(c3ccccc3)c3cc4c(c5ccccc35)-c3ccccc3C4(c3ccccc3)c3ccccc3)cc2)cc1. The zero-order chi connectivity index (χ0) is 31.9. The molecule has 8 aromatic carbocycles. The van der Waals surface area contributed by atoms with Crippen LogP contribution in [0.2, 0.25) is 0 Å². The molecule has 0 spiro atoms. The standard InChI is InChI=1S/C47H33N/c1-5-17-34(18-6-1)35-29-31-39(32-30-35)48(38-23-11-4-12-24-38)45-33-44-46(41-26-14-13-25-40(41)45)42-27-15-16-28-43(42)47(44,36-19-7-2-8-20-36)37-21-9-3-10-22-37/h1-33H. The van der Waals surface area contributed by atoms with Crippen molar-refractivity contribution in [3.8, 4) is 22.3 Å². The molecule has 226 valence electrons. The van der Waals surface area contributed by atoms with Crippen LogP contribution in [-0.2, 0) is 5.41 Å². The summed E-state index contributed by atoms with van der Waals surface area (Å²) in [4.78, 5) is 2.43. The molecule has 48 heavy (non-hydrogen) atoms. The van der Waals surface area contributed by atoms with Crippen LogP contribution in [0.15, 0.2) is 200 Å². The quantitative estimate of drug-likeness (QED) is 0.181. The van der Waals surface area contributed by atoms with Crippen molar-refractivity contribution >= 4 is 27.8 Å². The molecule has 1 nitrogen and oxygen atoms in total. The fourth-order valence-electron chi connectivity index (χ4n) is 7.90. The van der Waals surface area contributed by atoms with Crippen LogP contribution in [0.4, 0.5) is 17.1 Å². The summed E-state index contributed by atoms with van der Waals surface area (Å²) in [6, 6.07) is 72.9. The Morgan fingerprint density at radius 3 is 1.48 bits per heavy atom. The van der Waals surface area contributed by atoms with Gasteiger partial charge in [0.1, 0.15) is 0 Å². The number of rotatable bonds is 6. The minimum atomic E-state index is -0.493. The molecule has 0 atom stereocenters. The molecule has 1 aliphatic rings. The maximum absolute atomic E-state index is 2.48. The van der Waals surface area contributed by atoms with E-state index in [1.54, 1.807) is 0 Å². The zero-order valence-electron chi connectivity index (χ0n) is 26.5. The molecule has 0 fully saturated rings. The smallest absolute Gasteiger partial charge is 0.0714 e. The molecule has 9 rings (SSSR count). The van der Waals surface area contributed by atoms with E-state index in [1.807, 2.05) is 0 Å². The molecule has 0 N–H and O–H groups in total. The molecular formula is C47H33N. The second-order valence-corrected chi connectivity index (χ2v) is 12.5. The summed E-state index contributed by atoms with van der Waals surface area (Å²) in [5.74, 6) is 0. The van der Waals surface area contributed by atoms with Gasteiger partial charge in [0.05, 0.1) is 11.1 Å². The van der Waals surface area contributed by atoms with Crippen LogP contribution < -0.4 is 4.90 Å². The lowest BCUT2D eigenvalue weighted by Gasteiger charge is -2.35. The Morgan fingerprint density at radius 2 is 0.833 bits per heavy atom. The summed E-state index contributed by atoms with van der Waals surface area (Å²) in [6.45, 7) is 0. The van der Waals surface area contributed by atoms with E-state index in [9.17, 15) is 0 Å². The number of hydrogen-bond donors (Lipinski definition) is 0. The first-order valence-electron chi connectivity index (χ1n) is 16.6. The lowest BCUT2D eigenvalue weighted by atomic mass is 9.67. The summed E-state index contributed by atoms with van der Waals surface area (Å²) in [6.07, 6.45) is 0. The third kappa shape index (κ3) is 4.32. The highest BCUT2D eigenvalue weighted by Gasteiger charge is 2.47. The predicted molar refractivity (Wildman–Crippen MR) is 201 cm³/mol. The Hall–Kier alpha value is -6.18. The van der Waals surface area contributed by atoms with Gasteiger partial charge < -0.3 is 4.90 Å². The Labute approximate surface area is 282 Å². The molecule has 0 amide bonds. The van der Waals surface area contributed by atoms with Crippen LogP contribution in [-0.4, -0.2) is 0 Å². The van der Waals surface area contributed by atoms with Gasteiger partial charge in [-0.2, -0.15) is 0 Å². The van der Waals surface area contributed by atoms with Crippen molar-refractivity contribution in [2.24, 2.45) is 0 Å². The van der Waals surface area contributed by atoms with Gasteiger partial charge in [-0.25, -0.2) is 0 Å². The minimum absolute atomic E-state index is 0.493. The molecule has 0 unspecified atom stereocenters. The van der Waals surface area contributed by atoms with E-state index >= 15 is 0 Å². The fourth-order valence-corrected chi connectivity index (χ4v) is 7.90. The Kier molecular flexibility index (Phi) is 6.76. The number of nitrogens with zero attached hydrogens (tertiary/aromatic N) is 1. The first kappa shape index (κ1) is 28.1. The summed E-state index contributed by atoms with van der Waals surface area (Å²) >= 11 is 0. The van der Waals surface area contributed by atoms with Crippen LogP contribution >= 0.6 is 0 Å². The summed E-state index contributed by atoms with van der Waals surface area (Å²) in [5, 5.41) is 2.48. The molecule has 0 saturated heterocycles. The lowest BCUT2D eigenvalue weighted by molar-refractivity contribution is 0.769. The second-order valence-electron chi connectivity index (χ2n) is 12.5. The molecular weight excluding hydrogens is 579 g/mol. The molecule has 8 aromatic rings. The molecule has 0 heterocycles. The number of benzene rings is 8. The predicted octanol–water partition coefficient (Wildman–Crippen LogP) is 12.3. The van der Waals surface area contributed by atoms with Gasteiger partial charge in [-0.15, -0.1) is 0 Å². The van der Waals surface area contributed by atoms with Crippen molar-refractivity contribution in [2.45, 2.75) is 5.41 Å². The van der Waals surface area contributed by atoms with E-state index in [2.05, 4.69) is 205 Å². The molecule has 0 saturated carbocycles. The van der Waals surface area contributed by atoms with Crippen LogP contribution in [0.1, 0.15) is 22.3 Å². The highest BCUT2D eigenvalue weighted by molar-refractivity contribution is 6.11. The van der Waals surface area contributed by atoms with Gasteiger partial charge in [-0.3, -0.25) is 0 Å². The van der Waals surface area contributed by atoms with Crippen LogP contribution in [0, 0.1) is 0 Å². The number of hydrogen-bond acceptors (Lipinski definition) is 1. The van der Waals surface area contributed by atoms with Crippen molar-refractivity contribution in [3.63, 3.8) is 0 Å². The Balaban J connectivity index is 1.38. The third-order valence-corrected chi connectivity index (χ3v) is 9.93. The average molecular weight is 612 g/mol. The van der Waals surface area contributed by atoms with Gasteiger partial charge in [0.15, 0.2) is 0 Å². The highest BCUT2D eigenvalue weighted by atomic mass is 15.1. The van der Waals surface area contributed by atoms with Crippen LogP contribution in [0.3, 0.4) is 0 Å². The van der Waals surface area contributed by atoms with Gasteiger partial charge >= 0.3 is 0 Å². The topological polar surface area (TPSA) is 3.24 Å². The molecule has 1 aliphatic carbocycles. The van der Waals surface area contributed by atoms with E-state index in [0.717, 1.165) is 17.1 Å². The third-order valence-electron chi connectivity index (χ3n) is 9.93. The Morgan fingerprint density at radius 1 is 0.354 bits per heavy atom. The van der Waals surface area contributed by atoms with Crippen LogP contribution in [0.5, 0.6) is 0 Å². The molecule has 1 heteroatoms. The fraction of sp³-hybridized carbons (Fsp3) is 0.0213. The van der Waals surface area contributed by atoms with Gasteiger partial charge in [-0.1, -0.05) is 170 Å². The molecule has 0 bridgehead atoms. The normalized spacial score (nSPS) is 12.8. The van der Waals surface area contributed by atoms with Crippen molar-refractivity contribution < 1.29 is 0 Å². The first-order chi connectivity index (χ1) is 23.8. The highest BCUT2D eigenvalue weighted by Crippen LogP contribution is 2.59. The second kappa shape index (κ2) is 11.6. The van der Waals surface area contributed by atoms with E-state index in [0.29, 0.717) is 0 Å². The largest absolute Gasteiger partial charge is 0.310 e. The minimum Gasteiger partial charge on any atom is -0.310 e. The number of anilines is 3. The maximum atomic E-state index is 2.48. The van der Waals surface area contributed by atoms with Crippen molar-refractivity contribution in [3.05, 3.63) is 222 Å². The summed E-state index contributed by atoms with van der Waals surface area (Å²) in [7, 11) is 0. The van der Waals surface area contributed by atoms with Gasteiger partial charge in [0.25, 0.3) is 0 Å². The monoisotopic (exact) mass is 611 g/mol. The molecule has 0 aromatic heterocycles. The van der Waals surface area contributed by atoms with Crippen molar-refractivity contribution in [2.75, 3.05) is 4.90 Å². The summed E-state index contributed by atoms with van der Waals surface area (Å²) in [5.41, 5.74) is 13.1. The average Bonchev–Trinajstić information content (AvgIpc) is 3.48. The van der Waals surface area contributed by atoms with Gasteiger partial charge in [0, 0.05) is 16.8 Å². The molecule has 0 aliphatic heterocycles. The maximum Gasteiger partial charge on any atom is 0.0714 e. The summed E-state index contributed by atoms with van der Waals surface area (Å²) < 4.78 is 0. The van der Waals surface area contributed by atoms with E-state index in [4.69, 9.17) is 0 Å².